The molecule has 0 radical (unpaired) electrons. The van der Waals surface area contributed by atoms with Gasteiger partial charge in [-0.05, 0) is 25.0 Å². The molecule has 0 bridgehead atoms. The van der Waals surface area contributed by atoms with Gasteiger partial charge >= 0.3 is 0 Å². The minimum Gasteiger partial charge on any atom is -0.298 e. The molecule has 0 N–H and O–H groups in total. The van der Waals surface area contributed by atoms with E-state index in [0.29, 0.717) is 5.56 Å². The molecule has 3 nitrogen and oxygen atoms in total. The summed E-state index contributed by atoms with van der Waals surface area (Å²) in [5.74, 6) is 0.197. The monoisotopic (exact) mass is 254 g/mol. The molecule has 0 saturated carbocycles. The number of allylic oxidation sites excluding steroid dienone is 1. The van der Waals surface area contributed by atoms with E-state index in [1.165, 1.54) is 0 Å². The van der Waals surface area contributed by atoms with Gasteiger partial charge < -0.3 is 0 Å². The maximum absolute atomic E-state index is 11.2. The van der Waals surface area contributed by atoms with Crippen LogP contribution in [0.15, 0.2) is 43.1 Å². The lowest BCUT2D eigenvalue weighted by atomic mass is 10.0. The smallest absolute Gasteiger partial charge is 0.153 e. The number of hydrogen-bond donors (Lipinski definition) is 0. The number of aldehydes is 1. The van der Waals surface area contributed by atoms with Crippen LogP contribution in [0.3, 0.4) is 0 Å². The second-order valence-electron chi connectivity index (χ2n) is 4.74. The maximum Gasteiger partial charge on any atom is 0.153 e. The second kappa shape index (κ2) is 5.65. The van der Waals surface area contributed by atoms with E-state index in [1.807, 2.05) is 37.3 Å². The third-order valence-corrected chi connectivity index (χ3v) is 3.25. The van der Waals surface area contributed by atoms with Crippen LogP contribution in [0.1, 0.15) is 40.9 Å². The number of aryl methyl sites for hydroxylation is 1. The van der Waals surface area contributed by atoms with E-state index in [9.17, 15) is 4.79 Å². The molecular weight excluding hydrogens is 236 g/mol. The predicted molar refractivity (Wildman–Crippen MR) is 76.9 cm³/mol. The fourth-order valence-corrected chi connectivity index (χ4v) is 2.18. The zero-order valence-corrected chi connectivity index (χ0v) is 11.3. The van der Waals surface area contributed by atoms with Gasteiger partial charge in [0.05, 0.1) is 16.9 Å². The summed E-state index contributed by atoms with van der Waals surface area (Å²) in [6.45, 7) is 7.82. The van der Waals surface area contributed by atoms with Gasteiger partial charge in [0.15, 0.2) is 6.29 Å². The minimum absolute atomic E-state index is 0.197. The summed E-state index contributed by atoms with van der Waals surface area (Å²) in [5.41, 5.74) is 3.61. The highest BCUT2D eigenvalue weighted by Crippen LogP contribution is 2.23. The first-order valence-corrected chi connectivity index (χ1v) is 6.39. The molecule has 0 amide bonds. The van der Waals surface area contributed by atoms with Crippen molar-refractivity contribution in [2.45, 2.75) is 26.2 Å². The number of para-hydroxylation sites is 1. The van der Waals surface area contributed by atoms with E-state index in [1.54, 1.807) is 10.9 Å². The van der Waals surface area contributed by atoms with Gasteiger partial charge in [0, 0.05) is 12.1 Å². The Kier molecular flexibility index (Phi) is 3.95. The molecule has 1 atom stereocenters. The fourth-order valence-electron chi connectivity index (χ4n) is 2.18. The average molecular weight is 254 g/mol. The summed E-state index contributed by atoms with van der Waals surface area (Å²) in [7, 11) is 0. The Labute approximate surface area is 113 Å². The van der Waals surface area contributed by atoms with E-state index in [2.05, 4.69) is 18.6 Å². The summed E-state index contributed by atoms with van der Waals surface area (Å²) in [6.07, 6.45) is 5.33. The van der Waals surface area contributed by atoms with Gasteiger partial charge in [0.1, 0.15) is 0 Å². The number of nitrogens with zero attached hydrogens (tertiary/aromatic N) is 2. The van der Waals surface area contributed by atoms with E-state index >= 15 is 0 Å². The zero-order valence-electron chi connectivity index (χ0n) is 11.3. The third-order valence-electron chi connectivity index (χ3n) is 3.25. The standard InChI is InChI=1S/C16H18N2O/c1-4-7-13(3)16-14(11-19)10-18(17-16)15-9-6-5-8-12(15)2/h4-6,8-11,13H,1,7H2,2-3H3. The molecule has 0 saturated heterocycles. The Morgan fingerprint density at radius 3 is 2.79 bits per heavy atom. The Balaban J connectivity index is 2.47. The first-order valence-electron chi connectivity index (χ1n) is 6.39. The quantitative estimate of drug-likeness (QED) is 0.602. The predicted octanol–water partition coefficient (Wildman–Crippen LogP) is 3.67. The van der Waals surface area contributed by atoms with Crippen molar-refractivity contribution in [2.24, 2.45) is 0 Å². The van der Waals surface area contributed by atoms with E-state index in [4.69, 9.17) is 0 Å². The van der Waals surface area contributed by atoms with Crippen LogP contribution in [0.4, 0.5) is 0 Å². The molecule has 1 aromatic heterocycles. The molecular formula is C16H18N2O. The molecule has 1 unspecified atom stereocenters. The maximum atomic E-state index is 11.2. The van der Waals surface area contributed by atoms with Crippen molar-refractivity contribution in [1.29, 1.82) is 0 Å². The van der Waals surface area contributed by atoms with Crippen LogP contribution in [0.2, 0.25) is 0 Å². The van der Waals surface area contributed by atoms with Crippen molar-refractivity contribution >= 4 is 6.29 Å². The van der Waals surface area contributed by atoms with Crippen LogP contribution < -0.4 is 0 Å². The third kappa shape index (κ3) is 2.65. The van der Waals surface area contributed by atoms with Gasteiger partial charge in [-0.15, -0.1) is 6.58 Å². The summed E-state index contributed by atoms with van der Waals surface area (Å²) in [6, 6.07) is 7.99. The number of hydrogen-bond acceptors (Lipinski definition) is 2. The Morgan fingerprint density at radius 2 is 2.16 bits per heavy atom. The molecule has 0 aliphatic heterocycles. The van der Waals surface area contributed by atoms with Crippen LogP contribution in [-0.2, 0) is 0 Å². The molecule has 0 spiro atoms. The highest BCUT2D eigenvalue weighted by Gasteiger charge is 2.15. The molecule has 98 valence electrons. The van der Waals surface area contributed by atoms with Crippen LogP contribution in [0.25, 0.3) is 5.69 Å². The molecule has 2 rings (SSSR count). The van der Waals surface area contributed by atoms with Gasteiger partial charge in [-0.25, -0.2) is 4.68 Å². The lowest BCUT2D eigenvalue weighted by Gasteiger charge is -2.07. The molecule has 2 aromatic rings. The van der Waals surface area contributed by atoms with E-state index < -0.39 is 0 Å². The first-order chi connectivity index (χ1) is 9.17. The van der Waals surface area contributed by atoms with E-state index in [-0.39, 0.29) is 5.92 Å². The molecule has 1 aromatic carbocycles. The van der Waals surface area contributed by atoms with Crippen molar-refractivity contribution in [3.63, 3.8) is 0 Å². The Morgan fingerprint density at radius 1 is 1.42 bits per heavy atom. The van der Waals surface area contributed by atoms with Crippen molar-refractivity contribution in [1.82, 2.24) is 9.78 Å². The molecule has 1 heterocycles. The summed E-state index contributed by atoms with van der Waals surface area (Å²) >= 11 is 0. The van der Waals surface area contributed by atoms with Gasteiger partial charge in [-0.2, -0.15) is 5.10 Å². The summed E-state index contributed by atoms with van der Waals surface area (Å²) < 4.78 is 1.79. The van der Waals surface area contributed by atoms with Crippen LogP contribution in [0, 0.1) is 6.92 Å². The number of benzene rings is 1. The highest BCUT2D eigenvalue weighted by molar-refractivity contribution is 5.76. The number of aromatic nitrogens is 2. The average Bonchev–Trinajstić information content (AvgIpc) is 2.83. The summed E-state index contributed by atoms with van der Waals surface area (Å²) in [5, 5.41) is 4.57. The van der Waals surface area contributed by atoms with E-state index in [0.717, 1.165) is 29.7 Å². The van der Waals surface area contributed by atoms with Gasteiger partial charge in [0.2, 0.25) is 0 Å². The Bertz CT molecular complexity index is 599. The molecule has 0 aliphatic carbocycles. The van der Waals surface area contributed by atoms with Gasteiger partial charge in [-0.1, -0.05) is 31.2 Å². The van der Waals surface area contributed by atoms with Crippen molar-refractivity contribution in [3.05, 3.63) is 59.9 Å². The van der Waals surface area contributed by atoms with Gasteiger partial charge in [-0.3, -0.25) is 4.79 Å². The van der Waals surface area contributed by atoms with Crippen molar-refractivity contribution < 1.29 is 4.79 Å². The topological polar surface area (TPSA) is 34.9 Å². The molecule has 0 fully saturated rings. The number of rotatable bonds is 5. The normalized spacial score (nSPS) is 12.1. The van der Waals surface area contributed by atoms with Crippen LogP contribution in [-0.4, -0.2) is 16.1 Å². The number of carbonyl (C=O) groups is 1. The molecule has 0 aliphatic rings. The largest absolute Gasteiger partial charge is 0.298 e. The second-order valence-corrected chi connectivity index (χ2v) is 4.74. The zero-order chi connectivity index (χ0) is 13.8. The first kappa shape index (κ1) is 13.3. The molecule has 19 heavy (non-hydrogen) atoms. The van der Waals surface area contributed by atoms with Crippen molar-refractivity contribution in [2.75, 3.05) is 0 Å². The molecule has 3 heteroatoms. The summed E-state index contributed by atoms with van der Waals surface area (Å²) in [4.78, 5) is 11.2. The minimum atomic E-state index is 0.197. The fraction of sp³-hybridized carbons (Fsp3) is 0.250. The highest BCUT2D eigenvalue weighted by atomic mass is 16.1. The number of carbonyl (C=O) groups excluding carboxylic acids is 1. The van der Waals surface area contributed by atoms with Crippen LogP contribution in [0.5, 0.6) is 0 Å². The lowest BCUT2D eigenvalue weighted by molar-refractivity contribution is 0.112. The van der Waals surface area contributed by atoms with Crippen LogP contribution >= 0.6 is 0 Å². The SMILES string of the molecule is C=CCC(C)c1nn(-c2ccccc2C)cc1C=O. The van der Waals surface area contributed by atoms with Crippen molar-refractivity contribution in [3.8, 4) is 5.69 Å². The van der Waals surface area contributed by atoms with Gasteiger partial charge in [0.25, 0.3) is 0 Å². The lowest BCUT2D eigenvalue weighted by Crippen LogP contribution is -2.00. The Hall–Kier alpha value is -2.16.